The van der Waals surface area contributed by atoms with Crippen molar-refractivity contribution < 1.29 is 24.2 Å². The van der Waals surface area contributed by atoms with Crippen molar-refractivity contribution in [1.29, 1.82) is 0 Å². The molecule has 0 bridgehead atoms. The van der Waals surface area contributed by atoms with Gasteiger partial charge in [0.25, 0.3) is 5.91 Å². The van der Waals surface area contributed by atoms with Crippen molar-refractivity contribution >= 4 is 23.6 Å². The van der Waals surface area contributed by atoms with Crippen LogP contribution in [0.15, 0.2) is 48.5 Å². The van der Waals surface area contributed by atoms with E-state index < -0.39 is 35.6 Å². The van der Waals surface area contributed by atoms with Crippen LogP contribution in [-0.2, 0) is 14.3 Å². The van der Waals surface area contributed by atoms with Gasteiger partial charge in [-0.25, -0.2) is 4.79 Å². The molecule has 3 amide bonds. The van der Waals surface area contributed by atoms with Crippen molar-refractivity contribution in [1.82, 2.24) is 10.2 Å². The molecule has 2 unspecified atom stereocenters. The van der Waals surface area contributed by atoms with Crippen molar-refractivity contribution in [2.45, 2.75) is 71.2 Å². The van der Waals surface area contributed by atoms with Gasteiger partial charge in [-0.05, 0) is 76.8 Å². The molecule has 3 rings (SSSR count). The van der Waals surface area contributed by atoms with Gasteiger partial charge in [-0.2, -0.15) is 0 Å². The number of hydrogen-bond acceptors (Lipinski definition) is 5. The molecule has 1 aliphatic carbocycles. The van der Waals surface area contributed by atoms with Gasteiger partial charge in [-0.1, -0.05) is 30.3 Å². The number of hydrogen-bond donors (Lipinski definition) is 3. The van der Waals surface area contributed by atoms with Crippen LogP contribution < -0.4 is 10.6 Å². The van der Waals surface area contributed by atoms with Crippen molar-refractivity contribution in [3.8, 4) is 5.75 Å². The van der Waals surface area contributed by atoms with Gasteiger partial charge in [0.1, 0.15) is 23.4 Å². The van der Waals surface area contributed by atoms with Crippen LogP contribution in [0.2, 0.25) is 0 Å². The van der Waals surface area contributed by atoms with Gasteiger partial charge in [0.2, 0.25) is 5.91 Å². The maximum Gasteiger partial charge on any atom is 0.408 e. The number of carbonyl (C=O) groups excluding carboxylic acids is 3. The van der Waals surface area contributed by atoms with Gasteiger partial charge in [-0.15, -0.1) is 0 Å². The lowest BCUT2D eigenvalue weighted by molar-refractivity contribution is -0.141. The number of aromatic hydroxyl groups is 1. The quantitative estimate of drug-likeness (QED) is 0.563. The molecule has 0 spiro atoms. The number of nitrogens with zero attached hydrogens (tertiary/aromatic N) is 1. The second-order valence-electron chi connectivity index (χ2n) is 9.65. The Morgan fingerprint density at radius 2 is 1.76 bits per heavy atom. The van der Waals surface area contributed by atoms with Gasteiger partial charge in [0, 0.05) is 11.7 Å². The number of aryl methyl sites for hydroxylation is 1. The van der Waals surface area contributed by atoms with E-state index in [1.807, 2.05) is 25.1 Å². The minimum atomic E-state index is -0.991. The normalized spacial score (nSPS) is 15.1. The van der Waals surface area contributed by atoms with Crippen LogP contribution in [-0.4, -0.2) is 45.6 Å². The van der Waals surface area contributed by atoms with Gasteiger partial charge < -0.3 is 25.4 Å². The first-order valence-corrected chi connectivity index (χ1v) is 11.4. The predicted octanol–water partition coefficient (Wildman–Crippen LogP) is 4.28. The highest BCUT2D eigenvalue weighted by Gasteiger charge is 2.43. The summed E-state index contributed by atoms with van der Waals surface area (Å²) >= 11 is 0. The van der Waals surface area contributed by atoms with E-state index in [9.17, 15) is 19.5 Å². The number of anilines is 1. The van der Waals surface area contributed by atoms with Crippen LogP contribution in [0.25, 0.3) is 0 Å². The minimum absolute atomic E-state index is 0.00526. The van der Waals surface area contributed by atoms with E-state index in [0.29, 0.717) is 11.3 Å². The summed E-state index contributed by atoms with van der Waals surface area (Å²) in [6.45, 7) is 8.67. The molecular weight excluding hydrogens is 434 g/mol. The molecule has 3 N–H and O–H groups in total. The Bertz CT molecular complexity index is 1060. The van der Waals surface area contributed by atoms with Crippen LogP contribution in [0.4, 0.5) is 10.5 Å². The van der Waals surface area contributed by atoms with Crippen molar-refractivity contribution in [2.75, 3.05) is 5.32 Å². The molecule has 8 heteroatoms. The molecule has 182 valence electrons. The lowest BCUT2D eigenvalue weighted by atomic mass is 10.0. The number of amides is 3. The van der Waals surface area contributed by atoms with Crippen LogP contribution in [0.5, 0.6) is 5.75 Å². The lowest BCUT2D eigenvalue weighted by Gasteiger charge is -2.34. The summed E-state index contributed by atoms with van der Waals surface area (Å²) < 4.78 is 5.28. The number of phenols is 1. The maximum absolute atomic E-state index is 13.6. The van der Waals surface area contributed by atoms with Crippen LogP contribution >= 0.6 is 0 Å². The van der Waals surface area contributed by atoms with Crippen molar-refractivity contribution in [3.05, 3.63) is 59.7 Å². The summed E-state index contributed by atoms with van der Waals surface area (Å²) in [7, 11) is 0. The van der Waals surface area contributed by atoms with Crippen molar-refractivity contribution in [3.63, 3.8) is 0 Å². The fourth-order valence-electron chi connectivity index (χ4n) is 3.69. The zero-order valence-corrected chi connectivity index (χ0v) is 20.3. The molecule has 0 radical (unpaired) electrons. The number of phenolic OH excluding ortho intramolecular Hbond substituents is 1. The van der Waals surface area contributed by atoms with Gasteiger partial charge in [-0.3, -0.25) is 9.59 Å². The molecule has 1 fully saturated rings. The van der Waals surface area contributed by atoms with E-state index in [-0.39, 0.29) is 11.8 Å². The molecule has 0 aliphatic heterocycles. The third kappa shape index (κ3) is 6.50. The fourth-order valence-corrected chi connectivity index (χ4v) is 3.69. The smallest absolute Gasteiger partial charge is 0.408 e. The van der Waals surface area contributed by atoms with E-state index in [2.05, 4.69) is 10.6 Å². The molecular formula is C26H33N3O5. The van der Waals surface area contributed by atoms with Crippen LogP contribution in [0.3, 0.4) is 0 Å². The Morgan fingerprint density at radius 3 is 2.35 bits per heavy atom. The van der Waals surface area contributed by atoms with Crippen molar-refractivity contribution in [2.24, 2.45) is 0 Å². The molecule has 8 nitrogen and oxygen atoms in total. The topological polar surface area (TPSA) is 108 Å². The molecule has 0 heterocycles. The number of benzene rings is 2. The summed E-state index contributed by atoms with van der Waals surface area (Å²) in [5.41, 5.74) is 1.30. The molecule has 2 aromatic carbocycles. The molecule has 2 aromatic rings. The van der Waals surface area contributed by atoms with Gasteiger partial charge in [0.05, 0.1) is 0 Å². The Morgan fingerprint density at radius 1 is 1.09 bits per heavy atom. The van der Waals surface area contributed by atoms with Crippen LogP contribution in [0, 0.1) is 6.92 Å². The SMILES string of the molecule is Cc1ccccc1NC(=O)C(c1cccc(O)c1)N(C(=O)C(C)NC(=O)OC(C)(C)C)C1CC1. The average molecular weight is 468 g/mol. The van der Waals surface area contributed by atoms with Gasteiger partial charge >= 0.3 is 6.09 Å². The molecule has 1 saturated carbocycles. The highest BCUT2D eigenvalue weighted by molar-refractivity contribution is 5.99. The molecule has 2 atom stereocenters. The number of carbonyl (C=O) groups is 3. The second kappa shape index (κ2) is 10.2. The fraction of sp³-hybridized carbons (Fsp3) is 0.423. The highest BCUT2D eigenvalue weighted by Crippen LogP contribution is 2.37. The Hall–Kier alpha value is -3.55. The first-order valence-electron chi connectivity index (χ1n) is 11.4. The zero-order valence-electron chi connectivity index (χ0n) is 20.3. The zero-order chi connectivity index (χ0) is 25.0. The summed E-state index contributed by atoms with van der Waals surface area (Å²) in [6.07, 6.45) is 0.790. The largest absolute Gasteiger partial charge is 0.508 e. The van der Waals surface area contributed by atoms with E-state index in [4.69, 9.17) is 4.74 Å². The predicted molar refractivity (Wildman–Crippen MR) is 129 cm³/mol. The lowest BCUT2D eigenvalue weighted by Crippen LogP contribution is -2.52. The standard InChI is InChI=1S/C26H33N3O5/c1-16-9-6-7-12-21(16)28-23(31)22(18-10-8-11-20(30)15-18)29(19-13-14-19)24(32)17(2)27-25(33)34-26(3,4)5/h6-12,15,17,19,22,30H,13-14H2,1-5H3,(H,27,33)(H,28,31). The molecule has 0 aromatic heterocycles. The number of para-hydroxylation sites is 1. The maximum atomic E-state index is 13.6. The van der Waals surface area contributed by atoms with E-state index in [0.717, 1.165) is 18.4 Å². The summed E-state index contributed by atoms with van der Waals surface area (Å²) in [5.74, 6) is -0.805. The second-order valence-corrected chi connectivity index (χ2v) is 9.65. The van der Waals surface area contributed by atoms with E-state index >= 15 is 0 Å². The summed E-state index contributed by atoms with van der Waals surface area (Å²) in [5, 5.41) is 15.6. The molecule has 34 heavy (non-hydrogen) atoms. The summed E-state index contributed by atoms with van der Waals surface area (Å²) in [4.78, 5) is 40.9. The first kappa shape index (κ1) is 25.1. The van der Waals surface area contributed by atoms with Gasteiger partial charge in [0.15, 0.2) is 0 Å². The highest BCUT2D eigenvalue weighted by atomic mass is 16.6. The van der Waals surface area contributed by atoms with E-state index in [1.165, 1.54) is 17.0 Å². The number of nitrogens with one attached hydrogen (secondary N) is 2. The number of rotatable bonds is 7. The van der Waals surface area contributed by atoms with E-state index in [1.54, 1.807) is 45.9 Å². The minimum Gasteiger partial charge on any atom is -0.508 e. The molecule has 1 aliphatic rings. The average Bonchev–Trinajstić information content (AvgIpc) is 3.56. The Balaban J connectivity index is 1.92. The monoisotopic (exact) mass is 467 g/mol. The summed E-state index contributed by atoms with van der Waals surface area (Å²) in [6, 6.07) is 11.7. The first-order chi connectivity index (χ1) is 16.0. The Labute approximate surface area is 200 Å². The third-order valence-electron chi connectivity index (χ3n) is 5.41. The molecule has 0 saturated heterocycles. The number of ether oxygens (including phenoxy) is 1. The Kier molecular flexibility index (Phi) is 7.49. The van der Waals surface area contributed by atoms with Crippen LogP contribution in [0.1, 0.15) is 57.7 Å². The third-order valence-corrected chi connectivity index (χ3v) is 5.41. The number of alkyl carbamates (subject to hydrolysis) is 1.